The highest BCUT2D eigenvalue weighted by Crippen LogP contribution is 2.37. The van der Waals surface area contributed by atoms with Crippen LogP contribution in [0, 0.1) is 0 Å². The molecule has 1 atom stereocenters. The van der Waals surface area contributed by atoms with E-state index in [2.05, 4.69) is 5.10 Å². The number of benzene rings is 3. The summed E-state index contributed by atoms with van der Waals surface area (Å²) < 4.78 is 0. The molecule has 3 nitrogen and oxygen atoms in total. The smallest absolute Gasteiger partial charge is 0.250 e. The Morgan fingerprint density at radius 3 is 2.17 bits per heavy atom. The van der Waals surface area contributed by atoms with Crippen LogP contribution < -0.4 is 0 Å². The van der Waals surface area contributed by atoms with Gasteiger partial charge in [-0.2, -0.15) is 5.10 Å². The number of hydrogen-bond donors (Lipinski definition) is 0. The molecule has 3 aromatic carbocycles. The third-order valence-electron chi connectivity index (χ3n) is 4.97. The van der Waals surface area contributed by atoms with Gasteiger partial charge in [0.25, 0.3) is 5.91 Å². The molecule has 0 saturated heterocycles. The monoisotopic (exact) mass is 476 g/mol. The van der Waals surface area contributed by atoms with E-state index in [9.17, 15) is 4.79 Å². The molecule has 0 saturated carbocycles. The number of carbonyl (C=O) groups excluding carboxylic acids is 1. The summed E-state index contributed by atoms with van der Waals surface area (Å²) in [6, 6.07) is 20.1. The highest BCUT2D eigenvalue weighted by atomic mass is 35.5. The molecule has 30 heavy (non-hydrogen) atoms. The summed E-state index contributed by atoms with van der Waals surface area (Å²) in [5.74, 6) is -0.626. The van der Waals surface area contributed by atoms with E-state index < -0.39 is 5.92 Å². The molecule has 0 radical (unpaired) electrons. The Hall–Kier alpha value is -2.04. The molecule has 1 amide bonds. The van der Waals surface area contributed by atoms with Crippen molar-refractivity contribution in [2.75, 3.05) is 0 Å². The van der Waals surface area contributed by atoms with Crippen LogP contribution in [0.5, 0.6) is 0 Å². The Labute approximate surface area is 194 Å². The van der Waals surface area contributed by atoms with Crippen LogP contribution in [0.25, 0.3) is 0 Å². The van der Waals surface area contributed by atoms with Gasteiger partial charge in [-0.1, -0.05) is 82.8 Å². The first-order valence-corrected chi connectivity index (χ1v) is 10.8. The van der Waals surface area contributed by atoms with Crippen LogP contribution in [0.2, 0.25) is 20.1 Å². The van der Waals surface area contributed by atoms with Gasteiger partial charge in [-0.25, -0.2) is 5.01 Å². The van der Waals surface area contributed by atoms with Crippen molar-refractivity contribution in [3.05, 3.63) is 104 Å². The zero-order chi connectivity index (χ0) is 21.3. The van der Waals surface area contributed by atoms with E-state index in [1.54, 1.807) is 36.4 Å². The molecule has 1 aliphatic rings. The fourth-order valence-electron chi connectivity index (χ4n) is 3.42. The number of amides is 1. The molecule has 0 bridgehead atoms. The van der Waals surface area contributed by atoms with E-state index in [1.165, 1.54) is 5.01 Å². The van der Waals surface area contributed by atoms with Gasteiger partial charge in [0.2, 0.25) is 0 Å². The number of rotatable bonds is 4. The van der Waals surface area contributed by atoms with Crippen molar-refractivity contribution in [2.24, 2.45) is 5.10 Å². The highest BCUT2D eigenvalue weighted by molar-refractivity contribution is 6.42. The second-order valence-electron chi connectivity index (χ2n) is 6.98. The van der Waals surface area contributed by atoms with E-state index >= 15 is 0 Å². The number of halogens is 4. The van der Waals surface area contributed by atoms with Crippen molar-refractivity contribution in [1.82, 2.24) is 5.01 Å². The second-order valence-corrected chi connectivity index (χ2v) is 8.63. The third-order valence-corrected chi connectivity index (χ3v) is 6.31. The molecule has 0 unspecified atom stereocenters. The van der Waals surface area contributed by atoms with Crippen LogP contribution >= 0.6 is 46.4 Å². The van der Waals surface area contributed by atoms with Gasteiger partial charge >= 0.3 is 0 Å². The quantitative estimate of drug-likeness (QED) is 0.390. The van der Waals surface area contributed by atoms with Crippen LogP contribution in [-0.2, 0) is 11.3 Å². The van der Waals surface area contributed by atoms with Crippen molar-refractivity contribution in [2.45, 2.75) is 18.9 Å². The SMILES string of the molecule is O=C1[C@H](c2cccc(Cl)c2Cl)CC(c2ccc(Cl)cc2)=NN1Cc1ccc(Cl)cc1. The normalized spacial score (nSPS) is 16.5. The fourth-order valence-corrected chi connectivity index (χ4v) is 4.11. The molecule has 0 aliphatic carbocycles. The molecule has 4 rings (SSSR count). The van der Waals surface area contributed by atoms with Crippen LogP contribution in [0.4, 0.5) is 0 Å². The topological polar surface area (TPSA) is 32.7 Å². The molecule has 0 fully saturated rings. The van der Waals surface area contributed by atoms with Gasteiger partial charge in [0.15, 0.2) is 0 Å². The second kappa shape index (κ2) is 8.99. The van der Waals surface area contributed by atoms with Gasteiger partial charge in [0.05, 0.1) is 28.2 Å². The lowest BCUT2D eigenvalue weighted by Gasteiger charge is -2.30. The summed E-state index contributed by atoms with van der Waals surface area (Å²) in [6.07, 6.45) is 0.414. The largest absolute Gasteiger partial charge is 0.272 e. The van der Waals surface area contributed by atoms with E-state index in [-0.39, 0.29) is 5.91 Å². The van der Waals surface area contributed by atoms with E-state index in [4.69, 9.17) is 46.4 Å². The van der Waals surface area contributed by atoms with Crippen molar-refractivity contribution in [3.63, 3.8) is 0 Å². The molecule has 0 N–H and O–H groups in total. The van der Waals surface area contributed by atoms with Crippen LogP contribution in [-0.4, -0.2) is 16.6 Å². The van der Waals surface area contributed by atoms with Crippen LogP contribution in [0.3, 0.4) is 0 Å². The lowest BCUT2D eigenvalue weighted by Crippen LogP contribution is -2.37. The summed E-state index contributed by atoms with van der Waals surface area (Å²) in [4.78, 5) is 13.4. The van der Waals surface area contributed by atoms with Crippen molar-refractivity contribution < 1.29 is 4.79 Å². The van der Waals surface area contributed by atoms with Gasteiger partial charge in [-0.15, -0.1) is 0 Å². The van der Waals surface area contributed by atoms with Gasteiger partial charge in [-0.3, -0.25) is 4.79 Å². The maximum atomic E-state index is 13.4. The number of hydrazone groups is 1. The van der Waals surface area contributed by atoms with Crippen LogP contribution in [0.1, 0.15) is 29.0 Å². The maximum Gasteiger partial charge on any atom is 0.250 e. The Balaban J connectivity index is 1.75. The van der Waals surface area contributed by atoms with E-state index in [1.807, 2.05) is 30.3 Å². The minimum absolute atomic E-state index is 0.133. The van der Waals surface area contributed by atoms with Gasteiger partial charge < -0.3 is 0 Å². The predicted octanol–water partition coefficient (Wildman–Crippen LogP) is 7.22. The van der Waals surface area contributed by atoms with Crippen molar-refractivity contribution in [3.8, 4) is 0 Å². The summed E-state index contributed by atoms with van der Waals surface area (Å²) in [5, 5.41) is 8.22. The number of nitrogens with zero attached hydrogens (tertiary/aromatic N) is 2. The Morgan fingerprint density at radius 1 is 0.867 bits per heavy atom. The molecule has 1 aliphatic heterocycles. The van der Waals surface area contributed by atoms with Crippen molar-refractivity contribution in [1.29, 1.82) is 0 Å². The lowest BCUT2D eigenvalue weighted by atomic mass is 9.88. The third kappa shape index (κ3) is 4.50. The Bertz CT molecular complexity index is 1110. The molecular formula is C23H16Cl4N2O. The maximum absolute atomic E-state index is 13.4. The zero-order valence-corrected chi connectivity index (χ0v) is 18.7. The lowest BCUT2D eigenvalue weighted by molar-refractivity contribution is -0.134. The molecule has 0 aromatic heterocycles. The van der Waals surface area contributed by atoms with Gasteiger partial charge in [0, 0.05) is 16.5 Å². The first-order chi connectivity index (χ1) is 14.4. The average molecular weight is 478 g/mol. The highest BCUT2D eigenvalue weighted by Gasteiger charge is 2.34. The minimum Gasteiger partial charge on any atom is -0.272 e. The first kappa shape index (κ1) is 21.2. The Kier molecular flexibility index (Phi) is 6.35. The number of hydrogen-bond acceptors (Lipinski definition) is 2. The average Bonchev–Trinajstić information content (AvgIpc) is 2.74. The Morgan fingerprint density at radius 2 is 1.50 bits per heavy atom. The number of carbonyl (C=O) groups is 1. The van der Waals surface area contributed by atoms with E-state index in [0.717, 1.165) is 16.8 Å². The van der Waals surface area contributed by atoms with Gasteiger partial charge in [-0.05, 0) is 47.0 Å². The molecule has 3 aromatic rings. The summed E-state index contributed by atoms with van der Waals surface area (Å²) in [5.41, 5.74) is 3.29. The molecule has 1 heterocycles. The van der Waals surface area contributed by atoms with E-state index in [0.29, 0.717) is 38.6 Å². The minimum atomic E-state index is -0.494. The standard InChI is InChI=1S/C23H16Cl4N2O/c24-16-8-4-14(5-9-16)13-29-23(30)19(18-2-1-3-20(26)22(18)27)12-21(28-29)15-6-10-17(25)11-7-15/h1-11,19H,12-13H2/t19-/m0/s1. The fraction of sp³-hybridized carbons (Fsp3) is 0.130. The molecule has 7 heteroatoms. The zero-order valence-electron chi connectivity index (χ0n) is 15.7. The molecule has 152 valence electrons. The summed E-state index contributed by atoms with van der Waals surface area (Å²) in [6.45, 7) is 0.321. The summed E-state index contributed by atoms with van der Waals surface area (Å²) >= 11 is 24.7. The van der Waals surface area contributed by atoms with Gasteiger partial charge in [0.1, 0.15) is 0 Å². The molecular weight excluding hydrogens is 462 g/mol. The van der Waals surface area contributed by atoms with Crippen molar-refractivity contribution >= 4 is 58.0 Å². The summed E-state index contributed by atoms with van der Waals surface area (Å²) in [7, 11) is 0. The molecule has 0 spiro atoms. The van der Waals surface area contributed by atoms with Crippen LogP contribution in [0.15, 0.2) is 71.8 Å². The first-order valence-electron chi connectivity index (χ1n) is 9.25. The predicted molar refractivity (Wildman–Crippen MR) is 124 cm³/mol.